The summed E-state index contributed by atoms with van der Waals surface area (Å²) in [6.07, 6.45) is 0. The molecule has 0 unspecified atom stereocenters. The van der Waals surface area contributed by atoms with E-state index < -0.39 is 5.92 Å². The average molecular weight is 410 g/mol. The van der Waals surface area contributed by atoms with Crippen LogP contribution in [0.15, 0.2) is 95.7 Å². The lowest BCUT2D eigenvalue weighted by atomic mass is 9.90. The molecule has 0 aliphatic heterocycles. The molecule has 0 saturated heterocycles. The Morgan fingerprint density at radius 1 is 0.867 bits per heavy atom. The highest BCUT2D eigenvalue weighted by Gasteiger charge is 2.24. The van der Waals surface area contributed by atoms with E-state index >= 15 is 0 Å². The number of aromatic nitrogens is 2. The number of hydrogen-bond acceptors (Lipinski definition) is 3. The van der Waals surface area contributed by atoms with Gasteiger partial charge in [0.2, 0.25) is 5.91 Å². The first-order chi connectivity index (χ1) is 14.8. The molecule has 2 heterocycles. The number of benzene rings is 3. The monoisotopic (exact) mass is 409 g/mol. The first-order valence-corrected chi connectivity index (χ1v) is 10.7. The van der Waals surface area contributed by atoms with Crippen molar-refractivity contribution in [1.29, 1.82) is 0 Å². The van der Waals surface area contributed by atoms with E-state index in [0.29, 0.717) is 5.82 Å². The first kappa shape index (κ1) is 18.3. The zero-order chi connectivity index (χ0) is 20.3. The van der Waals surface area contributed by atoms with Crippen molar-refractivity contribution < 1.29 is 4.79 Å². The lowest BCUT2D eigenvalue weighted by Crippen LogP contribution is -2.22. The quantitative estimate of drug-likeness (QED) is 0.371. The number of thiophene rings is 1. The Hall–Kier alpha value is -3.70. The minimum absolute atomic E-state index is 0.109. The number of nitrogens with one attached hydrogen (secondary N) is 2. The average Bonchev–Trinajstić information content (AvgIpc) is 3.46. The molecule has 0 radical (unpaired) electrons. The van der Waals surface area contributed by atoms with E-state index in [2.05, 4.69) is 44.5 Å². The second kappa shape index (κ2) is 7.97. The van der Waals surface area contributed by atoms with Gasteiger partial charge in [-0.2, -0.15) is 16.4 Å². The highest BCUT2D eigenvalue weighted by atomic mass is 32.1. The Kier molecular flexibility index (Phi) is 4.87. The van der Waals surface area contributed by atoms with Crippen LogP contribution >= 0.6 is 11.3 Å². The molecular formula is C25H19N3OS. The van der Waals surface area contributed by atoms with Crippen molar-refractivity contribution in [3.8, 4) is 11.1 Å². The Morgan fingerprint density at radius 2 is 1.57 bits per heavy atom. The summed E-state index contributed by atoms with van der Waals surface area (Å²) in [5, 5.41) is 15.5. The highest BCUT2D eigenvalue weighted by molar-refractivity contribution is 7.08. The molecule has 0 aliphatic carbocycles. The van der Waals surface area contributed by atoms with Gasteiger partial charge >= 0.3 is 0 Å². The molecule has 5 aromatic rings. The topological polar surface area (TPSA) is 57.8 Å². The third-order valence-electron chi connectivity index (χ3n) is 5.19. The summed E-state index contributed by atoms with van der Waals surface area (Å²) in [5.41, 5.74) is 5.08. The Balaban J connectivity index is 1.48. The molecular weight excluding hydrogens is 390 g/mol. The predicted molar refractivity (Wildman–Crippen MR) is 123 cm³/mol. The molecule has 2 N–H and O–H groups in total. The van der Waals surface area contributed by atoms with Gasteiger partial charge in [0.25, 0.3) is 0 Å². The fourth-order valence-electron chi connectivity index (χ4n) is 3.70. The summed E-state index contributed by atoms with van der Waals surface area (Å²) in [6, 6.07) is 27.8. The van der Waals surface area contributed by atoms with Crippen molar-refractivity contribution in [2.45, 2.75) is 5.92 Å². The van der Waals surface area contributed by atoms with Gasteiger partial charge in [0.05, 0.1) is 11.4 Å². The van der Waals surface area contributed by atoms with Crippen LogP contribution in [0.25, 0.3) is 22.0 Å². The maximum Gasteiger partial charge on any atom is 0.237 e. The smallest absolute Gasteiger partial charge is 0.237 e. The van der Waals surface area contributed by atoms with Gasteiger partial charge in [-0.15, -0.1) is 0 Å². The van der Waals surface area contributed by atoms with Gasteiger partial charge in [0.15, 0.2) is 5.82 Å². The molecule has 2 aromatic heterocycles. The SMILES string of the molecule is O=C(Nc1n[nH]c2cc(-c3ccsc3)ccc12)C(c1ccccc1)c1ccccc1. The zero-order valence-electron chi connectivity index (χ0n) is 16.1. The van der Waals surface area contributed by atoms with Crippen LogP contribution < -0.4 is 5.32 Å². The zero-order valence-corrected chi connectivity index (χ0v) is 16.9. The van der Waals surface area contributed by atoms with Crippen LogP contribution in [-0.2, 0) is 4.79 Å². The molecule has 146 valence electrons. The van der Waals surface area contributed by atoms with E-state index in [-0.39, 0.29) is 5.91 Å². The lowest BCUT2D eigenvalue weighted by Gasteiger charge is -2.17. The van der Waals surface area contributed by atoms with E-state index in [4.69, 9.17) is 0 Å². The van der Waals surface area contributed by atoms with Crippen LogP contribution in [0.5, 0.6) is 0 Å². The number of aromatic amines is 1. The maximum absolute atomic E-state index is 13.3. The van der Waals surface area contributed by atoms with Crippen LogP contribution in [0.3, 0.4) is 0 Å². The normalized spacial score (nSPS) is 11.1. The summed E-state index contributed by atoms with van der Waals surface area (Å²) in [7, 11) is 0. The van der Waals surface area contributed by atoms with Crippen LogP contribution in [0.1, 0.15) is 17.0 Å². The number of rotatable bonds is 5. The first-order valence-electron chi connectivity index (χ1n) is 9.71. The number of amides is 1. The fraction of sp³-hybridized carbons (Fsp3) is 0.0400. The third kappa shape index (κ3) is 3.51. The second-order valence-corrected chi connectivity index (χ2v) is 7.87. The van der Waals surface area contributed by atoms with Gasteiger partial charge in [-0.05, 0) is 51.2 Å². The van der Waals surface area contributed by atoms with E-state index in [0.717, 1.165) is 27.6 Å². The molecule has 3 aromatic carbocycles. The fourth-order valence-corrected chi connectivity index (χ4v) is 4.36. The van der Waals surface area contributed by atoms with E-state index in [1.807, 2.05) is 66.7 Å². The van der Waals surface area contributed by atoms with Crippen LogP contribution in [0.4, 0.5) is 5.82 Å². The van der Waals surface area contributed by atoms with E-state index in [1.165, 1.54) is 5.56 Å². The van der Waals surface area contributed by atoms with Gasteiger partial charge < -0.3 is 5.32 Å². The Labute approximate surface area is 178 Å². The van der Waals surface area contributed by atoms with Gasteiger partial charge in [-0.25, -0.2) is 0 Å². The van der Waals surface area contributed by atoms with E-state index in [9.17, 15) is 4.79 Å². The molecule has 30 heavy (non-hydrogen) atoms. The largest absolute Gasteiger partial charge is 0.308 e. The van der Waals surface area contributed by atoms with Crippen molar-refractivity contribution in [2.24, 2.45) is 0 Å². The Bertz CT molecular complexity index is 1240. The highest BCUT2D eigenvalue weighted by Crippen LogP contribution is 2.30. The van der Waals surface area contributed by atoms with Crippen molar-refractivity contribution in [3.63, 3.8) is 0 Å². The minimum atomic E-state index is -0.413. The summed E-state index contributed by atoms with van der Waals surface area (Å²) >= 11 is 1.67. The molecule has 1 amide bonds. The molecule has 0 fully saturated rings. The number of nitrogens with zero attached hydrogens (tertiary/aromatic N) is 1. The number of fused-ring (bicyclic) bond motifs is 1. The third-order valence-corrected chi connectivity index (χ3v) is 5.87. The predicted octanol–water partition coefficient (Wildman–Crippen LogP) is 6.06. The number of carbonyl (C=O) groups excluding carboxylic acids is 1. The molecule has 0 bridgehead atoms. The molecule has 5 heteroatoms. The van der Waals surface area contributed by atoms with Gasteiger partial charge in [-0.3, -0.25) is 9.89 Å². The van der Waals surface area contributed by atoms with Crippen LogP contribution in [-0.4, -0.2) is 16.1 Å². The van der Waals surface area contributed by atoms with Gasteiger partial charge in [-0.1, -0.05) is 66.7 Å². The summed E-state index contributed by atoms with van der Waals surface area (Å²) in [4.78, 5) is 13.3. The molecule has 0 spiro atoms. The summed E-state index contributed by atoms with van der Waals surface area (Å²) < 4.78 is 0. The van der Waals surface area contributed by atoms with Crippen molar-refractivity contribution >= 4 is 34.0 Å². The molecule has 0 saturated carbocycles. The summed E-state index contributed by atoms with van der Waals surface area (Å²) in [5.74, 6) is 0.0238. The van der Waals surface area contributed by atoms with Crippen LogP contribution in [0.2, 0.25) is 0 Å². The number of anilines is 1. The molecule has 0 aliphatic rings. The van der Waals surface area contributed by atoms with E-state index in [1.54, 1.807) is 11.3 Å². The van der Waals surface area contributed by atoms with Gasteiger partial charge in [0, 0.05) is 5.39 Å². The minimum Gasteiger partial charge on any atom is -0.308 e. The van der Waals surface area contributed by atoms with Gasteiger partial charge in [0.1, 0.15) is 0 Å². The lowest BCUT2D eigenvalue weighted by molar-refractivity contribution is -0.116. The Morgan fingerprint density at radius 3 is 2.20 bits per heavy atom. The number of H-pyrrole nitrogens is 1. The molecule has 5 rings (SSSR count). The van der Waals surface area contributed by atoms with Crippen molar-refractivity contribution in [2.75, 3.05) is 5.32 Å². The van der Waals surface area contributed by atoms with Crippen molar-refractivity contribution in [3.05, 3.63) is 107 Å². The number of carbonyl (C=O) groups is 1. The number of hydrogen-bond donors (Lipinski definition) is 2. The molecule has 0 atom stereocenters. The molecule has 4 nitrogen and oxygen atoms in total. The van der Waals surface area contributed by atoms with Crippen molar-refractivity contribution in [1.82, 2.24) is 10.2 Å². The summed E-state index contributed by atoms with van der Waals surface area (Å²) in [6.45, 7) is 0. The maximum atomic E-state index is 13.3. The van der Waals surface area contributed by atoms with Crippen LogP contribution in [0, 0.1) is 0 Å². The second-order valence-electron chi connectivity index (χ2n) is 7.09. The standard InChI is InChI=1S/C25H19N3OS/c29-25(23(17-7-3-1-4-8-17)18-9-5-2-6-10-18)26-24-21-12-11-19(15-22(21)27-28-24)20-13-14-30-16-20/h1-16,23H,(H2,26,27,28,29).